The molecule has 144 valence electrons. The third kappa shape index (κ3) is 4.37. The first-order valence-electron chi connectivity index (χ1n) is 8.46. The highest BCUT2D eigenvalue weighted by molar-refractivity contribution is 6.29. The second-order valence-electron chi connectivity index (χ2n) is 6.27. The maximum Gasteiger partial charge on any atom is 0.270 e. The van der Waals surface area contributed by atoms with Crippen molar-refractivity contribution in [3.8, 4) is 17.2 Å². The van der Waals surface area contributed by atoms with Crippen molar-refractivity contribution in [3.63, 3.8) is 0 Å². The number of rotatable bonds is 6. The number of ether oxygens (including phenoxy) is 2. The summed E-state index contributed by atoms with van der Waals surface area (Å²) >= 11 is 5.79. The monoisotopic (exact) mass is 399 g/mol. The number of nitro benzene ring substituents is 1. The van der Waals surface area contributed by atoms with Crippen LogP contribution in [0.5, 0.6) is 17.2 Å². The molecule has 0 saturated carbocycles. The van der Waals surface area contributed by atoms with Gasteiger partial charge in [-0.1, -0.05) is 11.6 Å². The third-order valence-corrected chi connectivity index (χ3v) is 4.39. The average molecular weight is 400 g/mol. The van der Waals surface area contributed by atoms with E-state index in [9.17, 15) is 10.1 Å². The summed E-state index contributed by atoms with van der Waals surface area (Å²) in [5.41, 5.74) is 3.02. The van der Waals surface area contributed by atoms with Crippen LogP contribution in [0.2, 0.25) is 5.15 Å². The van der Waals surface area contributed by atoms with Crippen LogP contribution in [0, 0.1) is 24.0 Å². The van der Waals surface area contributed by atoms with Crippen LogP contribution in [0.15, 0.2) is 42.5 Å². The van der Waals surface area contributed by atoms with Gasteiger partial charge in [0.2, 0.25) is 0 Å². The van der Waals surface area contributed by atoms with Crippen molar-refractivity contribution in [2.45, 2.75) is 20.3 Å². The summed E-state index contributed by atoms with van der Waals surface area (Å²) < 4.78 is 11.5. The molecule has 3 rings (SSSR count). The summed E-state index contributed by atoms with van der Waals surface area (Å²) in [4.78, 5) is 10.6. The topological polar surface area (TPSA) is 87.4 Å². The molecule has 0 atom stereocenters. The smallest absolute Gasteiger partial charge is 0.270 e. The molecule has 2 aromatic carbocycles. The predicted molar refractivity (Wildman–Crippen MR) is 105 cm³/mol. The Hall–Kier alpha value is -3.19. The molecule has 0 aliphatic carbocycles. The molecule has 0 N–H and O–H groups in total. The van der Waals surface area contributed by atoms with Crippen LogP contribution in [-0.2, 0) is 6.42 Å². The minimum Gasteiger partial charge on any atom is -0.496 e. The summed E-state index contributed by atoms with van der Waals surface area (Å²) in [6.07, 6.45) is 0.489. The number of hydrogen-bond donors (Lipinski definition) is 0. The Morgan fingerprint density at radius 3 is 2.36 bits per heavy atom. The molecule has 7 nitrogen and oxygen atoms in total. The second kappa shape index (κ2) is 8.22. The van der Waals surface area contributed by atoms with Gasteiger partial charge in [0.05, 0.1) is 17.7 Å². The van der Waals surface area contributed by atoms with Crippen molar-refractivity contribution >= 4 is 17.3 Å². The molecule has 0 radical (unpaired) electrons. The lowest BCUT2D eigenvalue weighted by atomic mass is 10.1. The standard InChI is InChI=1S/C20H18ClN3O4/c1-12-8-16(24(25)26)9-13(2)20(12)28-17-5-6-18(27-3)14(11-17)10-15-4-7-19(21)23-22-15/h4-9,11H,10H2,1-3H3. The third-order valence-electron chi connectivity index (χ3n) is 4.19. The number of nitro groups is 1. The van der Waals surface area contributed by atoms with E-state index < -0.39 is 4.92 Å². The van der Waals surface area contributed by atoms with Gasteiger partial charge in [-0.05, 0) is 55.3 Å². The van der Waals surface area contributed by atoms with Gasteiger partial charge in [0.15, 0.2) is 5.15 Å². The first kappa shape index (κ1) is 19.6. The highest BCUT2D eigenvalue weighted by Gasteiger charge is 2.15. The van der Waals surface area contributed by atoms with E-state index >= 15 is 0 Å². The number of halogens is 1. The Morgan fingerprint density at radius 2 is 1.79 bits per heavy atom. The lowest BCUT2D eigenvalue weighted by Crippen LogP contribution is -1.99. The van der Waals surface area contributed by atoms with Gasteiger partial charge in [0, 0.05) is 24.1 Å². The number of benzene rings is 2. The zero-order valence-electron chi connectivity index (χ0n) is 15.6. The molecule has 0 aliphatic rings. The number of nitrogens with zero attached hydrogens (tertiary/aromatic N) is 3. The van der Waals surface area contributed by atoms with Gasteiger partial charge in [-0.15, -0.1) is 5.10 Å². The molecule has 0 saturated heterocycles. The van der Waals surface area contributed by atoms with Gasteiger partial charge in [0.25, 0.3) is 5.69 Å². The number of aryl methyl sites for hydroxylation is 2. The molecule has 1 heterocycles. The van der Waals surface area contributed by atoms with Crippen molar-refractivity contribution in [2.24, 2.45) is 0 Å². The molecule has 0 bridgehead atoms. The minimum absolute atomic E-state index is 0.0408. The van der Waals surface area contributed by atoms with Crippen LogP contribution in [0.1, 0.15) is 22.4 Å². The maximum absolute atomic E-state index is 11.0. The highest BCUT2D eigenvalue weighted by Crippen LogP contribution is 2.34. The Balaban J connectivity index is 1.91. The molecule has 0 unspecified atom stereocenters. The summed E-state index contributed by atoms with van der Waals surface area (Å²) in [6, 6.07) is 11.9. The van der Waals surface area contributed by atoms with Crippen molar-refractivity contribution in [1.82, 2.24) is 10.2 Å². The van der Waals surface area contributed by atoms with Crippen LogP contribution in [0.4, 0.5) is 5.69 Å². The van der Waals surface area contributed by atoms with Crippen LogP contribution in [0.3, 0.4) is 0 Å². The SMILES string of the molecule is COc1ccc(Oc2c(C)cc([N+](=O)[O-])cc2C)cc1Cc1ccc(Cl)nn1. The van der Waals surface area contributed by atoms with E-state index in [1.54, 1.807) is 39.2 Å². The van der Waals surface area contributed by atoms with E-state index in [0.29, 0.717) is 39.9 Å². The lowest BCUT2D eigenvalue weighted by Gasteiger charge is -2.14. The predicted octanol–water partition coefficient (Wildman–Crippen LogP) is 5.05. The van der Waals surface area contributed by atoms with Crippen molar-refractivity contribution in [2.75, 3.05) is 7.11 Å². The highest BCUT2D eigenvalue weighted by atomic mass is 35.5. The molecular formula is C20H18ClN3O4. The molecule has 0 fully saturated rings. The summed E-state index contributed by atoms with van der Waals surface area (Å²) in [6.45, 7) is 3.56. The molecule has 1 aromatic heterocycles. The summed E-state index contributed by atoms with van der Waals surface area (Å²) in [5, 5.41) is 19.3. The van der Waals surface area contributed by atoms with Crippen LogP contribution in [-0.4, -0.2) is 22.2 Å². The minimum atomic E-state index is -0.414. The Labute approximate surface area is 167 Å². The van der Waals surface area contributed by atoms with Gasteiger partial charge in [-0.3, -0.25) is 10.1 Å². The lowest BCUT2D eigenvalue weighted by molar-refractivity contribution is -0.385. The first-order chi connectivity index (χ1) is 13.4. The molecule has 0 aliphatic heterocycles. The van der Waals surface area contributed by atoms with Crippen molar-refractivity contribution in [1.29, 1.82) is 0 Å². The summed E-state index contributed by atoms with van der Waals surface area (Å²) in [5.74, 6) is 1.88. The van der Waals surface area contributed by atoms with E-state index in [1.807, 2.05) is 12.1 Å². The summed E-state index contributed by atoms with van der Waals surface area (Å²) in [7, 11) is 1.59. The Bertz CT molecular complexity index is 999. The van der Waals surface area contributed by atoms with Gasteiger partial charge in [-0.25, -0.2) is 0 Å². The Kier molecular flexibility index (Phi) is 5.75. The molecule has 8 heteroatoms. The van der Waals surface area contributed by atoms with E-state index in [4.69, 9.17) is 21.1 Å². The fourth-order valence-electron chi connectivity index (χ4n) is 2.90. The van der Waals surface area contributed by atoms with E-state index in [2.05, 4.69) is 10.2 Å². The average Bonchev–Trinajstić information content (AvgIpc) is 2.66. The quantitative estimate of drug-likeness (QED) is 0.426. The van der Waals surface area contributed by atoms with Gasteiger partial charge < -0.3 is 9.47 Å². The van der Waals surface area contributed by atoms with E-state index in [1.165, 1.54) is 12.1 Å². The molecule has 0 spiro atoms. The Morgan fingerprint density at radius 1 is 1.07 bits per heavy atom. The van der Waals surface area contributed by atoms with Gasteiger partial charge >= 0.3 is 0 Å². The maximum atomic E-state index is 11.0. The van der Waals surface area contributed by atoms with Gasteiger partial charge in [-0.2, -0.15) is 5.10 Å². The number of hydrogen-bond acceptors (Lipinski definition) is 6. The number of methoxy groups -OCH3 is 1. The zero-order chi connectivity index (χ0) is 20.3. The normalized spacial score (nSPS) is 10.6. The van der Waals surface area contributed by atoms with Gasteiger partial charge in [0.1, 0.15) is 17.2 Å². The van der Waals surface area contributed by atoms with Crippen LogP contribution < -0.4 is 9.47 Å². The number of non-ortho nitro benzene ring substituents is 1. The van der Waals surface area contributed by atoms with Crippen molar-refractivity contribution < 1.29 is 14.4 Å². The zero-order valence-corrected chi connectivity index (χ0v) is 16.4. The molecule has 0 amide bonds. The molecule has 28 heavy (non-hydrogen) atoms. The first-order valence-corrected chi connectivity index (χ1v) is 8.83. The fourth-order valence-corrected chi connectivity index (χ4v) is 3.00. The van der Waals surface area contributed by atoms with E-state index in [-0.39, 0.29) is 5.69 Å². The van der Waals surface area contributed by atoms with Crippen molar-refractivity contribution in [3.05, 3.63) is 80.1 Å². The van der Waals surface area contributed by atoms with Crippen LogP contribution >= 0.6 is 11.6 Å². The number of aromatic nitrogens is 2. The largest absolute Gasteiger partial charge is 0.496 e. The van der Waals surface area contributed by atoms with E-state index in [0.717, 1.165) is 11.3 Å². The molecular weight excluding hydrogens is 382 g/mol. The molecule has 3 aromatic rings. The van der Waals surface area contributed by atoms with Crippen LogP contribution in [0.25, 0.3) is 0 Å². The fraction of sp³-hybridized carbons (Fsp3) is 0.200. The second-order valence-corrected chi connectivity index (χ2v) is 6.65.